The fourth-order valence-corrected chi connectivity index (χ4v) is 2.45. The second-order valence-corrected chi connectivity index (χ2v) is 5.10. The van der Waals surface area contributed by atoms with Gasteiger partial charge in [0.2, 0.25) is 10.0 Å². The minimum absolute atomic E-state index is 0.0647. The molecule has 6 heteroatoms. The highest BCUT2D eigenvalue weighted by Gasteiger charge is 2.15. The first-order valence-corrected chi connectivity index (χ1v) is 6.51. The molecule has 0 spiro atoms. The minimum Gasteiger partial charge on any atom is -0.398 e. The van der Waals surface area contributed by atoms with Gasteiger partial charge in [0, 0.05) is 13.2 Å². The van der Waals surface area contributed by atoms with E-state index in [1.54, 1.807) is 18.2 Å². The summed E-state index contributed by atoms with van der Waals surface area (Å²) >= 11 is 0. The number of aliphatic hydroxyl groups is 1. The van der Waals surface area contributed by atoms with Crippen LogP contribution < -0.4 is 10.5 Å². The zero-order valence-electron chi connectivity index (χ0n) is 8.89. The number of unbranched alkanes of at least 4 members (excludes halogenated alkanes) is 1. The summed E-state index contributed by atoms with van der Waals surface area (Å²) < 4.78 is 26.0. The van der Waals surface area contributed by atoms with Gasteiger partial charge in [-0.3, -0.25) is 0 Å². The van der Waals surface area contributed by atoms with Gasteiger partial charge in [-0.1, -0.05) is 12.1 Å². The Bertz CT molecular complexity index is 431. The predicted molar refractivity (Wildman–Crippen MR) is 62.4 cm³/mol. The van der Waals surface area contributed by atoms with E-state index in [0.717, 1.165) is 0 Å². The Morgan fingerprint density at radius 2 is 1.94 bits per heavy atom. The quantitative estimate of drug-likeness (QED) is 0.496. The van der Waals surface area contributed by atoms with Gasteiger partial charge in [0.1, 0.15) is 4.90 Å². The van der Waals surface area contributed by atoms with Crippen LogP contribution in [0.4, 0.5) is 5.69 Å². The molecule has 90 valence electrons. The maximum atomic E-state index is 11.8. The van der Waals surface area contributed by atoms with Crippen molar-refractivity contribution in [3.8, 4) is 0 Å². The molecule has 1 rings (SSSR count). The fourth-order valence-electron chi connectivity index (χ4n) is 1.25. The summed E-state index contributed by atoms with van der Waals surface area (Å²) in [5.41, 5.74) is 5.81. The number of aliphatic hydroxyl groups excluding tert-OH is 1. The van der Waals surface area contributed by atoms with Gasteiger partial charge >= 0.3 is 0 Å². The molecule has 0 fully saturated rings. The Morgan fingerprint density at radius 3 is 2.56 bits per heavy atom. The number of nitrogen functional groups attached to an aromatic ring is 1. The molecule has 0 radical (unpaired) electrons. The second kappa shape index (κ2) is 5.83. The zero-order valence-corrected chi connectivity index (χ0v) is 9.70. The lowest BCUT2D eigenvalue weighted by molar-refractivity contribution is 0.285. The maximum absolute atomic E-state index is 11.8. The van der Waals surface area contributed by atoms with Crippen molar-refractivity contribution in [1.82, 2.24) is 4.72 Å². The van der Waals surface area contributed by atoms with Gasteiger partial charge in [-0.2, -0.15) is 0 Å². The third kappa shape index (κ3) is 3.48. The first kappa shape index (κ1) is 13.0. The number of anilines is 1. The van der Waals surface area contributed by atoms with E-state index in [1.807, 2.05) is 0 Å². The zero-order chi connectivity index (χ0) is 12.0. The van der Waals surface area contributed by atoms with E-state index >= 15 is 0 Å². The first-order chi connectivity index (χ1) is 7.58. The van der Waals surface area contributed by atoms with E-state index in [1.165, 1.54) is 6.07 Å². The predicted octanol–water partition coefficient (Wildman–Crippen LogP) is 0.320. The molecule has 0 atom stereocenters. The van der Waals surface area contributed by atoms with E-state index in [9.17, 15) is 8.42 Å². The van der Waals surface area contributed by atoms with Crippen molar-refractivity contribution in [3.05, 3.63) is 24.3 Å². The third-order valence-corrected chi connectivity index (χ3v) is 3.62. The Labute approximate surface area is 95.3 Å². The number of nitrogens with one attached hydrogen (secondary N) is 1. The largest absolute Gasteiger partial charge is 0.398 e. The lowest BCUT2D eigenvalue weighted by Crippen LogP contribution is -2.25. The molecule has 0 bridgehead atoms. The number of nitrogens with two attached hydrogens (primary N) is 1. The van der Waals surface area contributed by atoms with Crippen LogP contribution >= 0.6 is 0 Å². The monoisotopic (exact) mass is 244 g/mol. The summed E-state index contributed by atoms with van der Waals surface area (Å²) in [4.78, 5) is 0.0963. The van der Waals surface area contributed by atoms with Crippen LogP contribution in [0, 0.1) is 0 Å². The van der Waals surface area contributed by atoms with E-state index in [0.29, 0.717) is 19.4 Å². The molecule has 0 aromatic heterocycles. The molecule has 0 amide bonds. The summed E-state index contributed by atoms with van der Waals surface area (Å²) in [5, 5.41) is 8.56. The van der Waals surface area contributed by atoms with E-state index in [4.69, 9.17) is 10.8 Å². The highest BCUT2D eigenvalue weighted by molar-refractivity contribution is 7.89. The molecule has 1 aromatic carbocycles. The van der Waals surface area contributed by atoms with Crippen LogP contribution in [-0.4, -0.2) is 26.7 Å². The van der Waals surface area contributed by atoms with Crippen LogP contribution in [0.3, 0.4) is 0 Å². The SMILES string of the molecule is Nc1ccccc1S(=O)(=O)NCCCCO. The van der Waals surface area contributed by atoms with Crippen LogP contribution in [0.2, 0.25) is 0 Å². The topological polar surface area (TPSA) is 92.4 Å². The fraction of sp³-hybridized carbons (Fsp3) is 0.400. The second-order valence-electron chi connectivity index (χ2n) is 3.37. The average molecular weight is 244 g/mol. The Hall–Kier alpha value is -1.11. The van der Waals surface area contributed by atoms with Crippen molar-refractivity contribution in [2.45, 2.75) is 17.7 Å². The summed E-state index contributed by atoms with van der Waals surface area (Å²) in [7, 11) is -3.53. The molecule has 0 saturated heterocycles. The maximum Gasteiger partial charge on any atom is 0.242 e. The van der Waals surface area contributed by atoms with Crippen molar-refractivity contribution >= 4 is 15.7 Å². The Kier molecular flexibility index (Phi) is 4.72. The number of benzene rings is 1. The van der Waals surface area contributed by atoms with Crippen LogP contribution in [-0.2, 0) is 10.0 Å². The van der Waals surface area contributed by atoms with Crippen molar-refractivity contribution in [3.63, 3.8) is 0 Å². The molecule has 0 aliphatic carbocycles. The van der Waals surface area contributed by atoms with Gasteiger partial charge in [0.15, 0.2) is 0 Å². The smallest absolute Gasteiger partial charge is 0.242 e. The van der Waals surface area contributed by atoms with Gasteiger partial charge in [-0.15, -0.1) is 0 Å². The summed E-state index contributed by atoms with van der Waals surface area (Å²) in [6.07, 6.45) is 1.18. The van der Waals surface area contributed by atoms with Crippen LogP contribution in [0.15, 0.2) is 29.2 Å². The van der Waals surface area contributed by atoms with Crippen molar-refractivity contribution in [2.75, 3.05) is 18.9 Å². The summed E-state index contributed by atoms with van der Waals surface area (Å²) in [6.45, 7) is 0.367. The molecule has 4 N–H and O–H groups in total. The Morgan fingerprint density at radius 1 is 1.25 bits per heavy atom. The summed E-state index contributed by atoms with van der Waals surface area (Å²) in [5.74, 6) is 0. The van der Waals surface area contributed by atoms with Crippen molar-refractivity contribution < 1.29 is 13.5 Å². The van der Waals surface area contributed by atoms with Crippen molar-refractivity contribution in [2.24, 2.45) is 0 Å². The molecule has 0 unspecified atom stereocenters. The van der Waals surface area contributed by atoms with E-state index < -0.39 is 10.0 Å². The normalized spacial score (nSPS) is 11.6. The highest BCUT2D eigenvalue weighted by atomic mass is 32.2. The Balaban J connectivity index is 2.68. The number of para-hydroxylation sites is 1. The molecule has 5 nitrogen and oxygen atoms in total. The van der Waals surface area contributed by atoms with Gasteiger partial charge in [-0.05, 0) is 25.0 Å². The lowest BCUT2D eigenvalue weighted by atomic mass is 10.3. The molecule has 0 saturated carbocycles. The number of hydrogen-bond acceptors (Lipinski definition) is 4. The molecule has 16 heavy (non-hydrogen) atoms. The van der Waals surface area contributed by atoms with Gasteiger partial charge < -0.3 is 10.8 Å². The van der Waals surface area contributed by atoms with Crippen LogP contribution in [0.1, 0.15) is 12.8 Å². The average Bonchev–Trinajstić information content (AvgIpc) is 2.25. The first-order valence-electron chi connectivity index (χ1n) is 5.03. The van der Waals surface area contributed by atoms with Gasteiger partial charge in [-0.25, -0.2) is 13.1 Å². The van der Waals surface area contributed by atoms with Crippen LogP contribution in [0.25, 0.3) is 0 Å². The molecule has 0 aliphatic rings. The minimum atomic E-state index is -3.53. The van der Waals surface area contributed by atoms with Crippen LogP contribution in [0.5, 0.6) is 0 Å². The number of rotatable bonds is 6. The van der Waals surface area contributed by atoms with Gasteiger partial charge in [0.05, 0.1) is 5.69 Å². The summed E-state index contributed by atoms with van der Waals surface area (Å²) in [6, 6.07) is 6.31. The molecular formula is C10H16N2O3S. The molecular weight excluding hydrogens is 228 g/mol. The van der Waals surface area contributed by atoms with E-state index in [-0.39, 0.29) is 17.2 Å². The van der Waals surface area contributed by atoms with Crippen molar-refractivity contribution in [1.29, 1.82) is 0 Å². The number of hydrogen-bond donors (Lipinski definition) is 3. The van der Waals surface area contributed by atoms with E-state index in [2.05, 4.69) is 4.72 Å². The number of sulfonamides is 1. The molecule has 0 aliphatic heterocycles. The molecule has 0 heterocycles. The third-order valence-electron chi connectivity index (χ3n) is 2.09. The highest BCUT2D eigenvalue weighted by Crippen LogP contribution is 2.16. The molecule has 1 aromatic rings. The standard InChI is InChI=1S/C10H16N2O3S/c11-9-5-1-2-6-10(9)16(14,15)12-7-3-4-8-13/h1-2,5-6,12-13H,3-4,7-8,11H2. The lowest BCUT2D eigenvalue weighted by Gasteiger charge is -2.08. The van der Waals surface area contributed by atoms with Gasteiger partial charge in [0.25, 0.3) is 0 Å².